The Hall–Kier alpha value is -2.83. The summed E-state index contributed by atoms with van der Waals surface area (Å²) >= 11 is 0. The molecule has 26 heavy (non-hydrogen) atoms. The first-order chi connectivity index (χ1) is 12.5. The molecule has 0 bridgehead atoms. The minimum Gasteiger partial charge on any atom is -0.469 e. The molecule has 0 radical (unpaired) electrons. The topological polar surface area (TPSA) is 94.7 Å². The van der Waals surface area contributed by atoms with Gasteiger partial charge < -0.3 is 19.2 Å². The molecule has 0 fully saturated rings. The predicted octanol–water partition coefficient (Wildman–Crippen LogP) is 1.95. The van der Waals surface area contributed by atoms with E-state index in [1.165, 1.54) is 14.2 Å². The lowest BCUT2D eigenvalue weighted by molar-refractivity contribution is -0.164. The van der Waals surface area contributed by atoms with Gasteiger partial charge in [0.15, 0.2) is 0 Å². The summed E-state index contributed by atoms with van der Waals surface area (Å²) in [5, 5.41) is 0.911. The molecule has 1 heterocycles. The molecule has 7 heteroatoms. The van der Waals surface area contributed by atoms with E-state index < -0.39 is 35.7 Å². The lowest BCUT2D eigenvalue weighted by Gasteiger charge is -2.33. The number of fused-ring (bicyclic) bond motifs is 3. The van der Waals surface area contributed by atoms with Crippen LogP contribution < -0.4 is 0 Å². The van der Waals surface area contributed by atoms with Gasteiger partial charge in [-0.1, -0.05) is 18.2 Å². The van der Waals surface area contributed by atoms with Gasteiger partial charge in [0.25, 0.3) is 0 Å². The number of ether oxygens (including phenoxy) is 3. The highest BCUT2D eigenvalue weighted by Crippen LogP contribution is 2.44. The van der Waals surface area contributed by atoms with Crippen molar-refractivity contribution in [3.05, 3.63) is 35.5 Å². The SMILES string of the molecule is CCOC(=O)[C@H]1c2[nH]c3ccccc3c2C[C@H](C(=O)OC)[C@H]1C(=O)OC. The van der Waals surface area contributed by atoms with E-state index in [0.717, 1.165) is 16.5 Å². The van der Waals surface area contributed by atoms with Crippen LogP contribution in [0, 0.1) is 11.8 Å². The molecule has 1 aliphatic rings. The summed E-state index contributed by atoms with van der Waals surface area (Å²) < 4.78 is 15.0. The number of esters is 3. The number of rotatable bonds is 4. The van der Waals surface area contributed by atoms with Gasteiger partial charge in [-0.25, -0.2) is 0 Å². The second-order valence-corrected chi connectivity index (χ2v) is 6.18. The smallest absolute Gasteiger partial charge is 0.315 e. The number of nitrogens with one attached hydrogen (secondary N) is 1. The molecule has 0 saturated heterocycles. The van der Waals surface area contributed by atoms with Crippen molar-refractivity contribution in [3.8, 4) is 0 Å². The number of aromatic amines is 1. The standard InChI is InChI=1S/C19H21NO6/c1-4-26-19(23)15-14(18(22)25-3)12(17(21)24-2)9-11-10-7-5-6-8-13(10)20-16(11)15/h5-8,12,14-15,20H,4,9H2,1-3H3/t12-,14+,15+/m0/s1. The first-order valence-electron chi connectivity index (χ1n) is 8.45. The zero-order valence-electron chi connectivity index (χ0n) is 14.9. The molecule has 138 valence electrons. The molecule has 1 aliphatic carbocycles. The maximum absolute atomic E-state index is 12.7. The molecule has 0 spiro atoms. The molecular weight excluding hydrogens is 338 g/mol. The van der Waals surface area contributed by atoms with Crippen molar-refractivity contribution < 1.29 is 28.6 Å². The van der Waals surface area contributed by atoms with Gasteiger partial charge in [0, 0.05) is 16.6 Å². The van der Waals surface area contributed by atoms with Gasteiger partial charge in [-0.2, -0.15) is 0 Å². The van der Waals surface area contributed by atoms with Gasteiger partial charge in [0.2, 0.25) is 0 Å². The number of aromatic nitrogens is 1. The van der Waals surface area contributed by atoms with Crippen molar-refractivity contribution in [1.29, 1.82) is 0 Å². The Morgan fingerprint density at radius 1 is 1.08 bits per heavy atom. The quantitative estimate of drug-likeness (QED) is 0.662. The van der Waals surface area contributed by atoms with Crippen molar-refractivity contribution in [2.75, 3.05) is 20.8 Å². The molecule has 0 amide bonds. The third kappa shape index (κ3) is 2.83. The van der Waals surface area contributed by atoms with Crippen LogP contribution in [0.25, 0.3) is 10.9 Å². The van der Waals surface area contributed by atoms with Crippen LogP contribution in [0.3, 0.4) is 0 Å². The van der Waals surface area contributed by atoms with Crippen LogP contribution in [0.5, 0.6) is 0 Å². The summed E-state index contributed by atoms with van der Waals surface area (Å²) in [5.74, 6) is -4.54. The Bertz CT molecular complexity index is 855. The third-order valence-electron chi connectivity index (χ3n) is 4.89. The van der Waals surface area contributed by atoms with E-state index in [1.807, 2.05) is 24.3 Å². The normalized spacial score (nSPS) is 21.7. The van der Waals surface area contributed by atoms with Crippen LogP contribution in [0.15, 0.2) is 24.3 Å². The van der Waals surface area contributed by atoms with E-state index in [2.05, 4.69) is 4.98 Å². The number of carbonyl (C=O) groups is 3. The number of carbonyl (C=O) groups excluding carboxylic acids is 3. The van der Waals surface area contributed by atoms with Crippen LogP contribution in [-0.4, -0.2) is 43.7 Å². The van der Waals surface area contributed by atoms with Crippen molar-refractivity contribution >= 4 is 28.8 Å². The van der Waals surface area contributed by atoms with Crippen LogP contribution in [0.2, 0.25) is 0 Å². The summed E-state index contributed by atoms with van der Waals surface area (Å²) in [7, 11) is 2.50. The average molecular weight is 359 g/mol. The van der Waals surface area contributed by atoms with Crippen molar-refractivity contribution in [2.45, 2.75) is 19.3 Å². The Labute approximate surface area is 150 Å². The molecule has 1 aromatic heterocycles. The Kier molecular flexibility index (Phi) is 4.97. The van der Waals surface area contributed by atoms with Crippen LogP contribution in [-0.2, 0) is 35.0 Å². The highest BCUT2D eigenvalue weighted by molar-refractivity contribution is 5.95. The van der Waals surface area contributed by atoms with Crippen molar-refractivity contribution in [3.63, 3.8) is 0 Å². The molecule has 3 atom stereocenters. The molecule has 0 aliphatic heterocycles. The summed E-state index contributed by atoms with van der Waals surface area (Å²) in [6, 6.07) is 7.56. The lowest BCUT2D eigenvalue weighted by atomic mass is 9.70. The first kappa shape index (κ1) is 18.0. The Morgan fingerprint density at radius 2 is 1.77 bits per heavy atom. The van der Waals surface area contributed by atoms with Gasteiger partial charge in [-0.05, 0) is 25.0 Å². The fourth-order valence-corrected chi connectivity index (χ4v) is 3.78. The number of methoxy groups -OCH3 is 2. The molecule has 1 aromatic carbocycles. The molecule has 0 saturated carbocycles. The van der Waals surface area contributed by atoms with Gasteiger partial charge in [0.1, 0.15) is 5.92 Å². The average Bonchev–Trinajstić information content (AvgIpc) is 3.03. The van der Waals surface area contributed by atoms with Gasteiger partial charge in [0.05, 0.1) is 32.7 Å². The molecule has 7 nitrogen and oxygen atoms in total. The highest BCUT2D eigenvalue weighted by atomic mass is 16.5. The maximum atomic E-state index is 12.7. The van der Waals surface area contributed by atoms with Crippen LogP contribution >= 0.6 is 0 Å². The second kappa shape index (κ2) is 7.19. The number of H-pyrrole nitrogens is 1. The van der Waals surface area contributed by atoms with E-state index in [4.69, 9.17) is 14.2 Å². The maximum Gasteiger partial charge on any atom is 0.315 e. The highest BCUT2D eigenvalue weighted by Gasteiger charge is 2.50. The Balaban J connectivity index is 2.22. The summed E-state index contributed by atoms with van der Waals surface area (Å²) in [4.78, 5) is 40.8. The fraction of sp³-hybridized carbons (Fsp3) is 0.421. The molecular formula is C19H21NO6. The number of hydrogen-bond donors (Lipinski definition) is 1. The summed E-state index contributed by atoms with van der Waals surface area (Å²) in [6.07, 6.45) is 0.279. The summed E-state index contributed by atoms with van der Waals surface area (Å²) in [6.45, 7) is 1.86. The number of hydrogen-bond acceptors (Lipinski definition) is 6. The van der Waals surface area contributed by atoms with Crippen LogP contribution in [0.4, 0.5) is 0 Å². The lowest BCUT2D eigenvalue weighted by Crippen LogP contribution is -2.43. The molecule has 2 aromatic rings. The molecule has 3 rings (SSSR count). The van der Waals surface area contributed by atoms with Crippen LogP contribution in [0.1, 0.15) is 24.1 Å². The molecule has 0 unspecified atom stereocenters. The van der Waals surface area contributed by atoms with Gasteiger partial charge in [-0.15, -0.1) is 0 Å². The third-order valence-corrected chi connectivity index (χ3v) is 4.89. The number of benzene rings is 1. The van der Waals surface area contributed by atoms with E-state index in [-0.39, 0.29) is 13.0 Å². The molecule has 1 N–H and O–H groups in total. The summed E-state index contributed by atoms with van der Waals surface area (Å²) in [5.41, 5.74) is 2.26. The van der Waals surface area contributed by atoms with E-state index in [9.17, 15) is 14.4 Å². The van der Waals surface area contributed by atoms with E-state index in [1.54, 1.807) is 6.92 Å². The van der Waals surface area contributed by atoms with Crippen molar-refractivity contribution in [2.24, 2.45) is 11.8 Å². The van der Waals surface area contributed by atoms with Crippen molar-refractivity contribution in [1.82, 2.24) is 4.98 Å². The Morgan fingerprint density at radius 3 is 2.42 bits per heavy atom. The fourth-order valence-electron chi connectivity index (χ4n) is 3.78. The number of para-hydroxylation sites is 1. The minimum absolute atomic E-state index is 0.168. The predicted molar refractivity (Wildman–Crippen MR) is 92.4 cm³/mol. The minimum atomic E-state index is -1.01. The zero-order valence-corrected chi connectivity index (χ0v) is 14.9. The second-order valence-electron chi connectivity index (χ2n) is 6.18. The van der Waals surface area contributed by atoms with Gasteiger partial charge in [-0.3, -0.25) is 14.4 Å². The van der Waals surface area contributed by atoms with E-state index in [0.29, 0.717) is 5.69 Å². The first-order valence-corrected chi connectivity index (χ1v) is 8.45. The van der Waals surface area contributed by atoms with Gasteiger partial charge >= 0.3 is 17.9 Å². The largest absolute Gasteiger partial charge is 0.469 e. The zero-order chi connectivity index (χ0) is 18.8. The van der Waals surface area contributed by atoms with E-state index >= 15 is 0 Å². The monoisotopic (exact) mass is 359 g/mol.